The maximum Gasteiger partial charge on any atom is 0.221 e. The molecule has 2 amide bonds. The molecule has 1 aliphatic rings. The maximum absolute atomic E-state index is 12.2. The summed E-state index contributed by atoms with van der Waals surface area (Å²) in [6.45, 7) is 2.84. The highest BCUT2D eigenvalue weighted by atomic mass is 16.2. The summed E-state index contributed by atoms with van der Waals surface area (Å²) in [6.07, 6.45) is 4.19. The second-order valence-corrected chi connectivity index (χ2v) is 7.35. The fraction of sp³-hybridized carbons (Fsp3) is 0.550. The Morgan fingerprint density at radius 1 is 1.22 bits per heavy atom. The Bertz CT molecular complexity index is 755. The quantitative estimate of drug-likeness (QED) is 0.615. The number of hydrogen-bond donors (Lipinski definition) is 3. The molecule has 0 unspecified atom stereocenters. The number of nitrogens with zero attached hydrogens (tertiary/aromatic N) is 2. The van der Waals surface area contributed by atoms with Gasteiger partial charge in [0.1, 0.15) is 5.82 Å². The fourth-order valence-electron chi connectivity index (χ4n) is 3.74. The van der Waals surface area contributed by atoms with E-state index in [9.17, 15) is 9.59 Å². The minimum absolute atomic E-state index is 0.00551. The molecule has 0 saturated carbocycles. The number of amides is 2. The van der Waals surface area contributed by atoms with E-state index in [1.165, 1.54) is 6.92 Å². The van der Waals surface area contributed by atoms with Crippen molar-refractivity contribution in [2.75, 3.05) is 20.1 Å². The number of likely N-dealkylation sites (tertiary alicyclic amines) is 1. The summed E-state index contributed by atoms with van der Waals surface area (Å²) in [5.41, 5.74) is 2.03. The summed E-state index contributed by atoms with van der Waals surface area (Å²) >= 11 is 0. The third-order valence-electron chi connectivity index (χ3n) is 5.34. The van der Waals surface area contributed by atoms with Gasteiger partial charge in [-0.1, -0.05) is 12.1 Å². The molecule has 3 N–H and O–H groups in total. The maximum atomic E-state index is 12.2. The number of rotatable bonds is 8. The number of para-hydroxylation sites is 2. The lowest BCUT2D eigenvalue weighted by Crippen LogP contribution is -2.42. The lowest BCUT2D eigenvalue weighted by Gasteiger charge is -2.25. The first kappa shape index (κ1) is 19.4. The van der Waals surface area contributed by atoms with E-state index in [0.29, 0.717) is 25.6 Å². The Kier molecular flexibility index (Phi) is 6.45. The van der Waals surface area contributed by atoms with Gasteiger partial charge in [0.15, 0.2) is 0 Å². The van der Waals surface area contributed by atoms with E-state index in [1.807, 2.05) is 31.3 Å². The van der Waals surface area contributed by atoms with E-state index in [0.717, 1.165) is 42.5 Å². The van der Waals surface area contributed by atoms with Gasteiger partial charge in [-0.2, -0.15) is 0 Å². The second-order valence-electron chi connectivity index (χ2n) is 7.35. The van der Waals surface area contributed by atoms with E-state index in [4.69, 9.17) is 0 Å². The van der Waals surface area contributed by atoms with Crippen LogP contribution in [0.5, 0.6) is 0 Å². The molecule has 1 fully saturated rings. The molecular weight excluding hydrogens is 342 g/mol. The molecule has 7 heteroatoms. The molecule has 2 aromatic rings. The van der Waals surface area contributed by atoms with Gasteiger partial charge in [-0.25, -0.2) is 4.98 Å². The molecule has 2 heterocycles. The van der Waals surface area contributed by atoms with Crippen LogP contribution < -0.4 is 10.6 Å². The zero-order valence-electron chi connectivity index (χ0n) is 16.1. The van der Waals surface area contributed by atoms with Crippen LogP contribution in [0, 0.1) is 0 Å². The predicted octanol–water partition coefficient (Wildman–Crippen LogP) is 1.60. The Labute approximate surface area is 159 Å². The number of aryl methyl sites for hydroxylation is 1. The predicted molar refractivity (Wildman–Crippen MR) is 105 cm³/mol. The SMILES string of the molecule is CC(=O)NC[C@H]1CC[C@@H](CC(=O)NCCCc2nc3ccccc3[nH]2)N1C. The average molecular weight is 371 g/mol. The number of aromatic amines is 1. The highest BCUT2D eigenvalue weighted by Crippen LogP contribution is 2.24. The molecule has 1 aliphatic heterocycles. The molecule has 0 bridgehead atoms. The van der Waals surface area contributed by atoms with Crippen molar-refractivity contribution in [1.82, 2.24) is 25.5 Å². The van der Waals surface area contributed by atoms with Gasteiger partial charge in [0, 0.05) is 44.9 Å². The van der Waals surface area contributed by atoms with Crippen LogP contribution in [0.15, 0.2) is 24.3 Å². The first-order valence-electron chi connectivity index (χ1n) is 9.69. The number of carbonyl (C=O) groups excluding carboxylic acids is 2. The van der Waals surface area contributed by atoms with Crippen molar-refractivity contribution in [1.29, 1.82) is 0 Å². The van der Waals surface area contributed by atoms with Crippen molar-refractivity contribution in [3.05, 3.63) is 30.1 Å². The Morgan fingerprint density at radius 2 is 2.00 bits per heavy atom. The second kappa shape index (κ2) is 8.99. The van der Waals surface area contributed by atoms with E-state index in [-0.39, 0.29) is 17.9 Å². The van der Waals surface area contributed by atoms with E-state index >= 15 is 0 Å². The van der Waals surface area contributed by atoms with Crippen LogP contribution in [0.2, 0.25) is 0 Å². The van der Waals surface area contributed by atoms with Crippen LogP contribution in [0.25, 0.3) is 11.0 Å². The zero-order valence-corrected chi connectivity index (χ0v) is 16.1. The number of likely N-dealkylation sites (N-methyl/N-ethyl adjacent to an activating group) is 1. The third-order valence-corrected chi connectivity index (χ3v) is 5.34. The van der Waals surface area contributed by atoms with Crippen LogP contribution in [-0.2, 0) is 16.0 Å². The third kappa shape index (κ3) is 5.29. The monoisotopic (exact) mass is 371 g/mol. The normalized spacial score (nSPS) is 20.1. The molecule has 0 spiro atoms. The molecule has 0 radical (unpaired) electrons. The topological polar surface area (TPSA) is 90.1 Å². The fourth-order valence-corrected chi connectivity index (χ4v) is 3.74. The number of nitrogens with one attached hydrogen (secondary N) is 3. The van der Waals surface area contributed by atoms with Crippen LogP contribution in [0.4, 0.5) is 0 Å². The molecule has 1 aromatic carbocycles. The molecule has 27 heavy (non-hydrogen) atoms. The van der Waals surface area contributed by atoms with E-state index in [2.05, 4.69) is 25.5 Å². The van der Waals surface area contributed by atoms with Crippen molar-refractivity contribution in [2.45, 2.75) is 51.1 Å². The van der Waals surface area contributed by atoms with Crippen LogP contribution in [0.3, 0.4) is 0 Å². The van der Waals surface area contributed by atoms with Gasteiger partial charge in [0.25, 0.3) is 0 Å². The van der Waals surface area contributed by atoms with Crippen LogP contribution in [0.1, 0.15) is 38.4 Å². The number of hydrogen-bond acceptors (Lipinski definition) is 4. The minimum Gasteiger partial charge on any atom is -0.356 e. The van der Waals surface area contributed by atoms with Crippen LogP contribution in [-0.4, -0.2) is 58.9 Å². The van der Waals surface area contributed by atoms with E-state index in [1.54, 1.807) is 0 Å². The zero-order chi connectivity index (χ0) is 19.2. The highest BCUT2D eigenvalue weighted by Gasteiger charge is 2.31. The number of benzene rings is 1. The molecule has 2 atom stereocenters. The van der Waals surface area contributed by atoms with E-state index < -0.39 is 0 Å². The lowest BCUT2D eigenvalue weighted by molar-refractivity contribution is -0.122. The van der Waals surface area contributed by atoms with Gasteiger partial charge in [-0.3, -0.25) is 14.5 Å². The summed E-state index contributed by atoms with van der Waals surface area (Å²) in [6, 6.07) is 8.55. The van der Waals surface area contributed by atoms with Crippen molar-refractivity contribution in [3.8, 4) is 0 Å². The molecule has 1 saturated heterocycles. The van der Waals surface area contributed by atoms with Crippen molar-refractivity contribution in [3.63, 3.8) is 0 Å². The average Bonchev–Trinajstić information content (AvgIpc) is 3.20. The molecule has 7 nitrogen and oxygen atoms in total. The van der Waals surface area contributed by atoms with Gasteiger partial charge in [-0.15, -0.1) is 0 Å². The summed E-state index contributed by atoms with van der Waals surface area (Å²) in [5.74, 6) is 1.05. The molecular formula is C20H29N5O2. The van der Waals surface area contributed by atoms with Crippen molar-refractivity contribution < 1.29 is 9.59 Å². The molecule has 0 aliphatic carbocycles. The van der Waals surface area contributed by atoms with Gasteiger partial charge < -0.3 is 15.6 Å². The number of carbonyl (C=O) groups is 2. The number of aromatic nitrogens is 2. The van der Waals surface area contributed by atoms with Crippen molar-refractivity contribution >= 4 is 22.8 Å². The number of imidazole rings is 1. The molecule has 146 valence electrons. The van der Waals surface area contributed by atoms with Crippen molar-refractivity contribution in [2.24, 2.45) is 0 Å². The Balaban J connectivity index is 1.35. The number of fused-ring (bicyclic) bond motifs is 1. The summed E-state index contributed by atoms with van der Waals surface area (Å²) in [4.78, 5) is 33.4. The first-order chi connectivity index (χ1) is 13.0. The first-order valence-corrected chi connectivity index (χ1v) is 9.69. The van der Waals surface area contributed by atoms with Gasteiger partial charge in [0.05, 0.1) is 11.0 Å². The minimum atomic E-state index is -0.00551. The van der Waals surface area contributed by atoms with Gasteiger partial charge in [-0.05, 0) is 38.4 Å². The largest absolute Gasteiger partial charge is 0.356 e. The summed E-state index contributed by atoms with van der Waals surface area (Å²) < 4.78 is 0. The molecule has 3 rings (SSSR count). The van der Waals surface area contributed by atoms with Gasteiger partial charge in [0.2, 0.25) is 11.8 Å². The summed E-state index contributed by atoms with van der Waals surface area (Å²) in [7, 11) is 2.04. The summed E-state index contributed by atoms with van der Waals surface area (Å²) in [5, 5.41) is 5.89. The highest BCUT2D eigenvalue weighted by molar-refractivity contribution is 5.76. The number of H-pyrrole nitrogens is 1. The van der Waals surface area contributed by atoms with Gasteiger partial charge >= 0.3 is 0 Å². The standard InChI is InChI=1S/C20H29N5O2/c1-14(26)22-13-16-10-9-15(25(16)2)12-20(27)21-11-5-8-19-23-17-6-3-4-7-18(17)24-19/h3-4,6-7,15-16H,5,8-13H2,1-2H3,(H,21,27)(H,22,26)(H,23,24)/t15-,16+/m0/s1. The Morgan fingerprint density at radius 3 is 2.78 bits per heavy atom. The molecule has 1 aromatic heterocycles. The van der Waals surface area contributed by atoms with Crippen LogP contribution >= 0.6 is 0 Å². The Hall–Kier alpha value is -2.41. The smallest absolute Gasteiger partial charge is 0.221 e. The lowest BCUT2D eigenvalue weighted by atomic mass is 10.1.